The summed E-state index contributed by atoms with van der Waals surface area (Å²) in [4.78, 5) is 18.3. The van der Waals surface area contributed by atoms with Crippen molar-refractivity contribution < 1.29 is 13.9 Å². The zero-order valence-electron chi connectivity index (χ0n) is 16.4. The molecule has 0 saturated heterocycles. The molecule has 29 heavy (non-hydrogen) atoms. The molecule has 0 aliphatic heterocycles. The Kier molecular flexibility index (Phi) is 7.36. The highest BCUT2D eigenvalue weighted by molar-refractivity contribution is 6.42. The summed E-state index contributed by atoms with van der Waals surface area (Å²) < 4.78 is 10.8. The summed E-state index contributed by atoms with van der Waals surface area (Å²) in [7, 11) is 2.02. The molecule has 0 radical (unpaired) electrons. The number of nitrogens with one attached hydrogen (secondary N) is 1. The lowest BCUT2D eigenvalue weighted by atomic mass is 10.2. The van der Waals surface area contributed by atoms with Gasteiger partial charge in [-0.15, -0.1) is 0 Å². The first-order valence-corrected chi connectivity index (χ1v) is 10.1. The summed E-state index contributed by atoms with van der Waals surface area (Å²) in [5.41, 5.74) is 3.51. The second-order valence-corrected chi connectivity index (χ2v) is 7.74. The van der Waals surface area contributed by atoms with Crippen molar-refractivity contribution in [3.8, 4) is 6.08 Å². The third-order valence-corrected chi connectivity index (χ3v) is 5.07. The van der Waals surface area contributed by atoms with Crippen LogP contribution in [0.25, 0.3) is 11.1 Å². The molecule has 8 heteroatoms. The predicted molar refractivity (Wildman–Crippen MR) is 115 cm³/mol. The Labute approximate surface area is 179 Å². The van der Waals surface area contributed by atoms with Crippen LogP contribution >= 0.6 is 23.2 Å². The number of oxazole rings is 1. The van der Waals surface area contributed by atoms with Gasteiger partial charge in [0.05, 0.1) is 10.0 Å². The lowest BCUT2D eigenvalue weighted by molar-refractivity contribution is -0.123. The van der Waals surface area contributed by atoms with Gasteiger partial charge in [0.1, 0.15) is 5.52 Å². The second-order valence-electron chi connectivity index (χ2n) is 6.93. The number of aryl methyl sites for hydroxylation is 1. The molecular weight excluding hydrogens is 413 g/mol. The number of hydrogen-bond acceptors (Lipinski definition) is 5. The molecule has 1 N–H and O–H groups in total. The number of nitrogens with zero attached hydrogens (tertiary/aromatic N) is 2. The molecule has 1 amide bonds. The number of aromatic nitrogens is 1. The first kappa shape index (κ1) is 21.4. The van der Waals surface area contributed by atoms with Crippen LogP contribution in [0.2, 0.25) is 10.0 Å². The van der Waals surface area contributed by atoms with E-state index in [1.54, 1.807) is 6.07 Å². The van der Waals surface area contributed by atoms with Crippen molar-refractivity contribution >= 4 is 40.2 Å². The zero-order chi connectivity index (χ0) is 20.8. The topological polar surface area (TPSA) is 67.6 Å². The molecule has 0 saturated carbocycles. The molecule has 6 nitrogen and oxygen atoms in total. The van der Waals surface area contributed by atoms with E-state index in [1.165, 1.54) is 0 Å². The SMILES string of the molecule is Cc1ccc2nc(OCC(=O)NCCCN(C)Cc3ccc(Cl)c(Cl)c3)oc2c1. The van der Waals surface area contributed by atoms with Gasteiger partial charge in [0.25, 0.3) is 5.91 Å². The molecule has 0 fully saturated rings. The van der Waals surface area contributed by atoms with Gasteiger partial charge in [0, 0.05) is 13.1 Å². The molecule has 0 atom stereocenters. The van der Waals surface area contributed by atoms with Gasteiger partial charge in [-0.2, -0.15) is 4.98 Å². The van der Waals surface area contributed by atoms with E-state index in [9.17, 15) is 4.79 Å². The van der Waals surface area contributed by atoms with Gasteiger partial charge in [0.15, 0.2) is 12.2 Å². The maximum absolute atomic E-state index is 11.9. The largest absolute Gasteiger partial charge is 0.440 e. The van der Waals surface area contributed by atoms with Gasteiger partial charge in [-0.05, 0) is 62.3 Å². The van der Waals surface area contributed by atoms with Crippen LogP contribution in [0.3, 0.4) is 0 Å². The summed E-state index contributed by atoms with van der Waals surface area (Å²) in [6, 6.07) is 11.3. The molecule has 0 aliphatic rings. The highest BCUT2D eigenvalue weighted by atomic mass is 35.5. The van der Waals surface area contributed by atoms with Gasteiger partial charge >= 0.3 is 6.08 Å². The minimum Gasteiger partial charge on any atom is -0.440 e. The quantitative estimate of drug-likeness (QED) is 0.502. The number of amides is 1. The summed E-state index contributed by atoms with van der Waals surface area (Å²) in [6.45, 7) is 3.97. The van der Waals surface area contributed by atoms with Gasteiger partial charge in [-0.25, -0.2) is 0 Å². The van der Waals surface area contributed by atoms with Crippen LogP contribution in [-0.4, -0.2) is 42.5 Å². The van der Waals surface area contributed by atoms with Crippen molar-refractivity contribution in [1.29, 1.82) is 0 Å². The molecule has 0 unspecified atom stereocenters. The van der Waals surface area contributed by atoms with E-state index in [1.807, 2.05) is 44.3 Å². The number of carbonyl (C=O) groups excluding carboxylic acids is 1. The maximum atomic E-state index is 11.9. The first-order valence-electron chi connectivity index (χ1n) is 9.30. The lowest BCUT2D eigenvalue weighted by Gasteiger charge is -2.17. The molecule has 1 heterocycles. The number of ether oxygens (including phenoxy) is 1. The van der Waals surface area contributed by atoms with E-state index in [0.717, 1.165) is 30.6 Å². The van der Waals surface area contributed by atoms with Crippen LogP contribution < -0.4 is 10.1 Å². The number of carbonyl (C=O) groups is 1. The molecule has 154 valence electrons. The average Bonchev–Trinajstić information content (AvgIpc) is 3.08. The Morgan fingerprint density at radius 2 is 2.03 bits per heavy atom. The molecule has 0 bridgehead atoms. The van der Waals surface area contributed by atoms with Gasteiger partial charge < -0.3 is 19.4 Å². The van der Waals surface area contributed by atoms with Crippen LogP contribution in [0.4, 0.5) is 0 Å². The number of fused-ring (bicyclic) bond motifs is 1. The van der Waals surface area contributed by atoms with Gasteiger partial charge in [-0.3, -0.25) is 4.79 Å². The predicted octanol–water partition coefficient (Wildman–Crippen LogP) is 4.46. The third kappa shape index (κ3) is 6.35. The summed E-state index contributed by atoms with van der Waals surface area (Å²) in [6.07, 6.45) is 0.910. The third-order valence-electron chi connectivity index (χ3n) is 4.33. The summed E-state index contributed by atoms with van der Waals surface area (Å²) >= 11 is 12.0. The molecule has 3 aromatic rings. The van der Waals surface area contributed by atoms with Gasteiger partial charge in [0.2, 0.25) is 0 Å². The average molecular weight is 436 g/mol. The highest BCUT2D eigenvalue weighted by Crippen LogP contribution is 2.23. The second kappa shape index (κ2) is 9.96. The number of hydrogen-bond donors (Lipinski definition) is 1. The van der Waals surface area contributed by atoms with E-state index < -0.39 is 0 Å². The molecule has 1 aromatic heterocycles. The van der Waals surface area contributed by atoms with Crippen molar-refractivity contribution in [2.75, 3.05) is 26.7 Å². The van der Waals surface area contributed by atoms with E-state index in [0.29, 0.717) is 27.7 Å². The molecule has 0 aliphatic carbocycles. The van der Waals surface area contributed by atoms with Crippen LogP contribution in [0.1, 0.15) is 17.5 Å². The smallest absolute Gasteiger partial charge is 0.395 e. The monoisotopic (exact) mass is 435 g/mol. The van der Waals surface area contributed by atoms with Crippen molar-refractivity contribution in [2.45, 2.75) is 19.9 Å². The number of benzene rings is 2. The van der Waals surface area contributed by atoms with E-state index in [4.69, 9.17) is 32.4 Å². The van der Waals surface area contributed by atoms with Crippen LogP contribution in [0, 0.1) is 6.92 Å². The van der Waals surface area contributed by atoms with E-state index >= 15 is 0 Å². The Hall–Kier alpha value is -2.28. The fourth-order valence-electron chi connectivity index (χ4n) is 2.86. The van der Waals surface area contributed by atoms with Crippen molar-refractivity contribution in [1.82, 2.24) is 15.2 Å². The van der Waals surface area contributed by atoms with Crippen LogP contribution in [0.15, 0.2) is 40.8 Å². The van der Waals surface area contributed by atoms with Crippen LogP contribution in [0.5, 0.6) is 6.08 Å². The maximum Gasteiger partial charge on any atom is 0.395 e. The minimum absolute atomic E-state index is 0.0992. The van der Waals surface area contributed by atoms with E-state index in [2.05, 4.69) is 15.2 Å². The van der Waals surface area contributed by atoms with Gasteiger partial charge in [-0.1, -0.05) is 35.3 Å². The van der Waals surface area contributed by atoms with Crippen molar-refractivity contribution in [2.24, 2.45) is 0 Å². The summed E-state index contributed by atoms with van der Waals surface area (Å²) in [5, 5.41) is 3.94. The molecule has 0 spiro atoms. The van der Waals surface area contributed by atoms with Crippen molar-refractivity contribution in [3.63, 3.8) is 0 Å². The normalized spacial score (nSPS) is 11.2. The Balaban J connectivity index is 1.34. The molecular formula is C21H23Cl2N3O3. The number of halogens is 2. The fourth-order valence-corrected chi connectivity index (χ4v) is 3.18. The van der Waals surface area contributed by atoms with E-state index in [-0.39, 0.29) is 18.6 Å². The Morgan fingerprint density at radius 1 is 1.21 bits per heavy atom. The molecule has 2 aromatic carbocycles. The molecule has 3 rings (SSSR count). The first-order chi connectivity index (χ1) is 13.9. The van der Waals surface area contributed by atoms with Crippen molar-refractivity contribution in [3.05, 3.63) is 57.6 Å². The minimum atomic E-state index is -0.212. The fraction of sp³-hybridized carbons (Fsp3) is 0.333. The van der Waals surface area contributed by atoms with Crippen LogP contribution in [-0.2, 0) is 11.3 Å². The number of rotatable bonds is 9. The highest BCUT2D eigenvalue weighted by Gasteiger charge is 2.10. The standard InChI is InChI=1S/C21H23Cl2N3O3/c1-14-4-7-18-19(10-14)29-21(25-18)28-13-20(27)24-8-3-9-26(2)12-15-5-6-16(22)17(23)11-15/h4-7,10-11H,3,8-9,12-13H2,1-2H3,(H,24,27). The Morgan fingerprint density at radius 3 is 2.83 bits per heavy atom. The lowest BCUT2D eigenvalue weighted by Crippen LogP contribution is -2.31. The zero-order valence-corrected chi connectivity index (χ0v) is 17.9. The summed E-state index contributed by atoms with van der Waals surface area (Å²) in [5.74, 6) is -0.212. The Bertz CT molecular complexity index is 990.